The fraction of sp³-hybridized carbons (Fsp3) is 0.261. The van der Waals surface area contributed by atoms with Crippen LogP contribution in [0.4, 0.5) is 17.1 Å². The highest BCUT2D eigenvalue weighted by atomic mass is 16.2. The summed E-state index contributed by atoms with van der Waals surface area (Å²) in [5, 5.41) is 8.10. The number of amides is 5. The van der Waals surface area contributed by atoms with Gasteiger partial charge in [-0.2, -0.15) is 0 Å². The van der Waals surface area contributed by atoms with Gasteiger partial charge in [0.2, 0.25) is 17.7 Å². The zero-order valence-corrected chi connectivity index (χ0v) is 18.6. The van der Waals surface area contributed by atoms with Crippen molar-refractivity contribution in [2.24, 2.45) is 0 Å². The first-order chi connectivity index (χ1) is 15.7. The van der Waals surface area contributed by atoms with Gasteiger partial charge in [0, 0.05) is 31.0 Å². The lowest BCUT2D eigenvalue weighted by atomic mass is 10.1. The van der Waals surface area contributed by atoms with Crippen molar-refractivity contribution in [3.8, 4) is 0 Å². The molecule has 3 N–H and O–H groups in total. The van der Waals surface area contributed by atoms with Crippen LogP contribution in [-0.4, -0.2) is 66.0 Å². The number of anilines is 3. The lowest BCUT2D eigenvalue weighted by molar-refractivity contribution is -0.120. The summed E-state index contributed by atoms with van der Waals surface area (Å²) in [5.41, 5.74) is 2.14. The van der Waals surface area contributed by atoms with Gasteiger partial charge in [-0.15, -0.1) is 0 Å². The van der Waals surface area contributed by atoms with E-state index in [-0.39, 0.29) is 42.3 Å². The van der Waals surface area contributed by atoms with Crippen LogP contribution in [0.2, 0.25) is 0 Å². The summed E-state index contributed by atoms with van der Waals surface area (Å²) in [5.74, 6) is -1.61. The van der Waals surface area contributed by atoms with Gasteiger partial charge < -0.3 is 16.0 Å². The van der Waals surface area contributed by atoms with E-state index in [4.69, 9.17) is 0 Å². The highest BCUT2D eigenvalue weighted by Gasteiger charge is 2.32. The smallest absolute Gasteiger partial charge is 0.261 e. The Bertz CT molecular complexity index is 1110. The van der Waals surface area contributed by atoms with E-state index in [2.05, 4.69) is 16.0 Å². The maximum absolute atomic E-state index is 12.5. The molecule has 0 aromatic heterocycles. The summed E-state index contributed by atoms with van der Waals surface area (Å²) in [6, 6.07) is 11.2. The number of rotatable bonds is 8. The van der Waals surface area contributed by atoms with Crippen molar-refractivity contribution < 1.29 is 24.0 Å². The summed E-state index contributed by atoms with van der Waals surface area (Å²) in [4.78, 5) is 62.7. The van der Waals surface area contributed by atoms with Crippen molar-refractivity contribution in [2.45, 2.75) is 13.8 Å². The average molecular weight is 451 g/mol. The molecule has 10 heteroatoms. The molecule has 0 saturated carbocycles. The molecule has 1 heterocycles. The summed E-state index contributed by atoms with van der Waals surface area (Å²) in [7, 11) is 1.41. The van der Waals surface area contributed by atoms with Gasteiger partial charge in [-0.1, -0.05) is 6.92 Å². The van der Waals surface area contributed by atoms with Gasteiger partial charge in [-0.3, -0.25) is 33.8 Å². The van der Waals surface area contributed by atoms with Crippen LogP contribution >= 0.6 is 0 Å². The number of nitrogens with zero attached hydrogens (tertiary/aromatic N) is 2. The predicted molar refractivity (Wildman–Crippen MR) is 123 cm³/mol. The number of likely N-dealkylation sites (N-methyl/N-ethyl adjacent to an activating group) is 1. The summed E-state index contributed by atoms with van der Waals surface area (Å²) in [6.45, 7) is 3.67. The van der Waals surface area contributed by atoms with E-state index in [1.54, 1.807) is 35.2 Å². The molecular formula is C23H25N5O5. The highest BCUT2D eigenvalue weighted by Crippen LogP contribution is 2.24. The number of imide groups is 1. The van der Waals surface area contributed by atoms with Crippen LogP contribution in [0.1, 0.15) is 34.6 Å². The average Bonchev–Trinajstić information content (AvgIpc) is 2.98. The van der Waals surface area contributed by atoms with Crippen molar-refractivity contribution in [2.75, 3.05) is 42.6 Å². The van der Waals surface area contributed by atoms with Crippen LogP contribution < -0.4 is 16.0 Å². The second kappa shape index (κ2) is 10.0. The van der Waals surface area contributed by atoms with Crippen LogP contribution in [0.25, 0.3) is 0 Å². The molecule has 5 amide bonds. The number of nitrogens with one attached hydrogen (secondary N) is 3. The Balaban J connectivity index is 1.54. The molecule has 2 aromatic rings. The van der Waals surface area contributed by atoms with Crippen LogP contribution in [0.3, 0.4) is 0 Å². The second-order valence-electron chi connectivity index (χ2n) is 7.59. The van der Waals surface area contributed by atoms with Crippen LogP contribution in [-0.2, 0) is 14.4 Å². The van der Waals surface area contributed by atoms with Crippen molar-refractivity contribution in [3.63, 3.8) is 0 Å². The van der Waals surface area contributed by atoms with E-state index in [0.29, 0.717) is 29.2 Å². The highest BCUT2D eigenvalue weighted by molar-refractivity contribution is 6.21. The van der Waals surface area contributed by atoms with Crippen LogP contribution in [0.5, 0.6) is 0 Å². The molecule has 0 aliphatic carbocycles. The molecule has 1 aliphatic rings. The SMILES string of the molecule is CCN(CC(=O)Nc1ccc(NC(C)=O)cc1)CC(=O)Nc1ccc2c(c1)C(=O)N(C)C2=O. The molecule has 172 valence electrons. The van der Waals surface area contributed by atoms with Gasteiger partial charge >= 0.3 is 0 Å². The fourth-order valence-electron chi connectivity index (χ4n) is 3.37. The third-order valence-electron chi connectivity index (χ3n) is 5.04. The number of hydrogen-bond donors (Lipinski definition) is 3. The Morgan fingerprint density at radius 2 is 1.27 bits per heavy atom. The quantitative estimate of drug-likeness (QED) is 0.525. The zero-order chi connectivity index (χ0) is 24.1. The van der Waals surface area contributed by atoms with Crippen LogP contribution in [0.15, 0.2) is 42.5 Å². The molecule has 0 spiro atoms. The Hall–Kier alpha value is -4.05. The van der Waals surface area contributed by atoms with Crippen molar-refractivity contribution in [3.05, 3.63) is 53.6 Å². The topological polar surface area (TPSA) is 128 Å². The third-order valence-corrected chi connectivity index (χ3v) is 5.04. The summed E-state index contributed by atoms with van der Waals surface area (Å²) in [6.07, 6.45) is 0. The normalized spacial score (nSPS) is 12.5. The number of fused-ring (bicyclic) bond motifs is 1. The maximum Gasteiger partial charge on any atom is 0.261 e. The lowest BCUT2D eigenvalue weighted by Crippen LogP contribution is -2.38. The molecule has 0 bridgehead atoms. The van der Waals surface area contributed by atoms with E-state index in [9.17, 15) is 24.0 Å². The van der Waals surface area contributed by atoms with Gasteiger partial charge in [0.25, 0.3) is 11.8 Å². The van der Waals surface area contributed by atoms with E-state index in [1.807, 2.05) is 6.92 Å². The van der Waals surface area contributed by atoms with Gasteiger partial charge in [0.15, 0.2) is 0 Å². The molecule has 0 unspecified atom stereocenters. The van der Waals surface area contributed by atoms with Gasteiger partial charge in [-0.25, -0.2) is 0 Å². The Labute approximate surface area is 190 Å². The van der Waals surface area contributed by atoms with E-state index in [1.165, 1.54) is 26.1 Å². The van der Waals surface area contributed by atoms with E-state index >= 15 is 0 Å². The molecule has 3 rings (SSSR count). The largest absolute Gasteiger partial charge is 0.326 e. The van der Waals surface area contributed by atoms with Crippen molar-refractivity contribution >= 4 is 46.6 Å². The molecular weight excluding hydrogens is 426 g/mol. The molecule has 2 aromatic carbocycles. The Kier molecular flexibility index (Phi) is 7.19. The number of benzene rings is 2. The number of carbonyl (C=O) groups is 5. The predicted octanol–water partition coefficient (Wildman–Crippen LogP) is 1.77. The van der Waals surface area contributed by atoms with Gasteiger partial charge in [-0.05, 0) is 49.0 Å². The maximum atomic E-state index is 12.5. The molecule has 1 aliphatic heterocycles. The molecule has 0 saturated heterocycles. The first-order valence-corrected chi connectivity index (χ1v) is 10.3. The second-order valence-corrected chi connectivity index (χ2v) is 7.59. The third kappa shape index (κ3) is 5.80. The Morgan fingerprint density at radius 1 is 0.788 bits per heavy atom. The summed E-state index contributed by atoms with van der Waals surface area (Å²) >= 11 is 0. The van der Waals surface area contributed by atoms with E-state index < -0.39 is 5.91 Å². The minimum Gasteiger partial charge on any atom is -0.326 e. The first-order valence-electron chi connectivity index (χ1n) is 10.3. The van der Waals surface area contributed by atoms with Crippen molar-refractivity contribution in [1.29, 1.82) is 0 Å². The number of carbonyl (C=O) groups excluding carboxylic acids is 5. The first kappa shape index (κ1) is 23.6. The molecule has 0 fully saturated rings. The summed E-state index contributed by atoms with van der Waals surface area (Å²) < 4.78 is 0. The molecule has 33 heavy (non-hydrogen) atoms. The monoisotopic (exact) mass is 451 g/mol. The number of hydrogen-bond acceptors (Lipinski definition) is 6. The van der Waals surface area contributed by atoms with E-state index in [0.717, 1.165) is 4.90 Å². The standard InChI is InChI=1S/C23H25N5O5/c1-4-28(12-20(30)25-16-7-5-15(6-8-16)24-14(2)29)13-21(31)26-17-9-10-18-19(11-17)23(33)27(3)22(18)32/h5-11H,4,12-13H2,1-3H3,(H,24,29)(H,25,30)(H,26,31). The minimum atomic E-state index is -0.414. The molecule has 10 nitrogen and oxygen atoms in total. The van der Waals surface area contributed by atoms with Crippen molar-refractivity contribution in [1.82, 2.24) is 9.80 Å². The van der Waals surface area contributed by atoms with Crippen LogP contribution in [0, 0.1) is 0 Å². The zero-order valence-electron chi connectivity index (χ0n) is 18.6. The minimum absolute atomic E-state index is 0.000657. The molecule has 0 atom stereocenters. The lowest BCUT2D eigenvalue weighted by Gasteiger charge is -2.19. The fourth-order valence-corrected chi connectivity index (χ4v) is 3.37. The van der Waals surface area contributed by atoms with Gasteiger partial charge in [0.05, 0.1) is 24.2 Å². The Morgan fingerprint density at radius 3 is 1.82 bits per heavy atom. The van der Waals surface area contributed by atoms with Gasteiger partial charge in [0.1, 0.15) is 0 Å². The molecule has 0 radical (unpaired) electrons.